The predicted molar refractivity (Wildman–Crippen MR) is 114 cm³/mol. The second-order valence-corrected chi connectivity index (χ2v) is 7.56. The number of carbonyl (C=O) groups is 1. The highest BCUT2D eigenvalue weighted by Crippen LogP contribution is 2.14. The third-order valence-corrected chi connectivity index (χ3v) is 4.73. The number of aliphatic hydroxyl groups excluding tert-OH is 2. The highest BCUT2D eigenvalue weighted by molar-refractivity contribution is 5.75. The van der Waals surface area contributed by atoms with Crippen LogP contribution in [0.1, 0.15) is 129 Å². The van der Waals surface area contributed by atoms with Crippen LogP contribution in [0.4, 0.5) is 0 Å². The van der Waals surface area contributed by atoms with Gasteiger partial charge in [-0.3, -0.25) is 0 Å². The average molecular weight is 373 g/mol. The Morgan fingerprint density at radius 2 is 0.808 bits per heavy atom. The highest BCUT2D eigenvalue weighted by Gasteiger charge is 1.96. The molecule has 0 unspecified atom stereocenters. The fourth-order valence-corrected chi connectivity index (χ4v) is 3.10. The van der Waals surface area contributed by atoms with Gasteiger partial charge in [0.25, 0.3) is 0 Å². The van der Waals surface area contributed by atoms with E-state index >= 15 is 0 Å². The van der Waals surface area contributed by atoms with Gasteiger partial charge >= 0.3 is 0 Å². The van der Waals surface area contributed by atoms with Gasteiger partial charge in [-0.1, -0.05) is 110 Å². The number of hydrogen-bond acceptors (Lipinski definition) is 3. The van der Waals surface area contributed by atoms with Crippen molar-refractivity contribution in [2.75, 3.05) is 13.2 Å². The second-order valence-electron chi connectivity index (χ2n) is 7.56. The van der Waals surface area contributed by atoms with Gasteiger partial charge in [0.1, 0.15) is 5.78 Å². The lowest BCUT2D eigenvalue weighted by molar-refractivity contribution is -0.117. The maximum atomic E-state index is 10.8. The van der Waals surface area contributed by atoms with Gasteiger partial charge < -0.3 is 15.0 Å². The van der Waals surface area contributed by atoms with Crippen LogP contribution in [0.5, 0.6) is 0 Å². The molecule has 3 nitrogen and oxygen atoms in total. The summed E-state index contributed by atoms with van der Waals surface area (Å²) < 4.78 is 0. The van der Waals surface area contributed by atoms with Gasteiger partial charge in [0, 0.05) is 6.42 Å². The van der Waals surface area contributed by atoms with Crippen molar-refractivity contribution in [3.05, 3.63) is 0 Å². The summed E-state index contributed by atoms with van der Waals surface area (Å²) in [7, 11) is 0. The molecule has 0 saturated heterocycles. The first kappa shape index (κ1) is 27.8. The molecule has 0 saturated carbocycles. The Kier molecular flexibility index (Phi) is 28.7. The molecule has 0 fully saturated rings. The van der Waals surface area contributed by atoms with Crippen LogP contribution in [0.2, 0.25) is 0 Å². The molecule has 0 amide bonds. The molecule has 0 bridgehead atoms. The molecular formula is C23H48O3. The Hall–Kier alpha value is -0.410. The SMILES string of the molecule is CCCCCCCCCCCCCCCCCCCC(C)=O.OCCO. The summed E-state index contributed by atoms with van der Waals surface area (Å²) in [6.45, 7) is 3.74. The molecule has 0 aliphatic carbocycles. The maximum absolute atomic E-state index is 10.8. The summed E-state index contributed by atoms with van der Waals surface area (Å²) in [4.78, 5) is 10.8. The molecule has 0 spiro atoms. The normalized spacial score (nSPS) is 10.5. The van der Waals surface area contributed by atoms with E-state index in [1.807, 2.05) is 0 Å². The van der Waals surface area contributed by atoms with Gasteiger partial charge in [0.2, 0.25) is 0 Å². The lowest BCUT2D eigenvalue weighted by atomic mass is 10.0. The average Bonchev–Trinajstić information content (AvgIpc) is 2.64. The molecule has 0 aromatic heterocycles. The van der Waals surface area contributed by atoms with Crippen LogP contribution in [-0.4, -0.2) is 29.2 Å². The maximum Gasteiger partial charge on any atom is 0.129 e. The third-order valence-electron chi connectivity index (χ3n) is 4.73. The second kappa shape index (κ2) is 26.8. The summed E-state index contributed by atoms with van der Waals surface area (Å²) in [6.07, 6.45) is 24.5. The van der Waals surface area contributed by atoms with Crippen LogP contribution in [-0.2, 0) is 4.79 Å². The van der Waals surface area contributed by atoms with Crippen molar-refractivity contribution in [3.63, 3.8) is 0 Å². The van der Waals surface area contributed by atoms with Crippen molar-refractivity contribution in [3.8, 4) is 0 Å². The van der Waals surface area contributed by atoms with E-state index in [2.05, 4.69) is 6.92 Å². The van der Waals surface area contributed by atoms with Gasteiger partial charge in [-0.25, -0.2) is 0 Å². The van der Waals surface area contributed by atoms with E-state index in [0.717, 1.165) is 12.8 Å². The zero-order chi connectivity index (χ0) is 19.7. The molecule has 158 valence electrons. The molecule has 0 aliphatic heterocycles. The standard InChI is InChI=1S/C21H42O.C2H6O2/c1-3-4-5-6-7-8-9-10-11-12-13-14-15-16-17-18-19-20-21(2)22;3-1-2-4/h3-20H2,1-2H3;3-4H,1-2H2. The zero-order valence-corrected chi connectivity index (χ0v) is 17.9. The number of unbranched alkanes of at least 4 members (excludes halogenated alkanes) is 16. The van der Waals surface area contributed by atoms with Crippen molar-refractivity contribution < 1.29 is 15.0 Å². The summed E-state index contributed by atoms with van der Waals surface area (Å²) in [5.74, 6) is 0.348. The summed E-state index contributed by atoms with van der Waals surface area (Å²) in [5.41, 5.74) is 0. The molecule has 0 aromatic rings. The molecular weight excluding hydrogens is 324 g/mol. The van der Waals surface area contributed by atoms with Crippen LogP contribution in [0.15, 0.2) is 0 Å². The predicted octanol–water partition coefficient (Wildman–Crippen LogP) is 6.59. The molecule has 0 aromatic carbocycles. The number of ketones is 1. The zero-order valence-electron chi connectivity index (χ0n) is 17.9. The molecule has 0 rings (SSSR count). The van der Waals surface area contributed by atoms with Crippen molar-refractivity contribution in [1.29, 1.82) is 0 Å². The minimum Gasteiger partial charge on any atom is -0.394 e. The summed E-state index contributed by atoms with van der Waals surface area (Å²) in [6, 6.07) is 0. The van der Waals surface area contributed by atoms with E-state index in [1.54, 1.807) is 6.92 Å². The Balaban J connectivity index is 0. The van der Waals surface area contributed by atoms with E-state index in [0.29, 0.717) is 5.78 Å². The van der Waals surface area contributed by atoms with Crippen molar-refractivity contribution in [1.82, 2.24) is 0 Å². The quantitative estimate of drug-likeness (QED) is 0.251. The number of Topliss-reactive ketones (excluding diaryl/α,β-unsaturated/α-hetero) is 1. The Bertz CT molecular complexity index is 252. The molecule has 0 atom stereocenters. The number of rotatable bonds is 19. The first-order valence-electron chi connectivity index (χ1n) is 11.4. The first-order chi connectivity index (χ1) is 12.7. The monoisotopic (exact) mass is 372 g/mol. The lowest BCUT2D eigenvalue weighted by Gasteiger charge is -2.03. The number of aliphatic hydroxyl groups is 2. The molecule has 3 heteroatoms. The van der Waals surface area contributed by atoms with Gasteiger partial charge in [-0.2, -0.15) is 0 Å². The highest BCUT2D eigenvalue weighted by atomic mass is 16.3. The van der Waals surface area contributed by atoms with Crippen molar-refractivity contribution in [2.24, 2.45) is 0 Å². The smallest absolute Gasteiger partial charge is 0.129 e. The minimum absolute atomic E-state index is 0.125. The third kappa shape index (κ3) is 31.4. The van der Waals surface area contributed by atoms with Crippen LogP contribution >= 0.6 is 0 Å². The van der Waals surface area contributed by atoms with Gasteiger partial charge in [0.05, 0.1) is 13.2 Å². The van der Waals surface area contributed by atoms with Crippen molar-refractivity contribution >= 4 is 5.78 Å². The molecule has 0 aliphatic rings. The van der Waals surface area contributed by atoms with Gasteiger partial charge in [0.15, 0.2) is 0 Å². The van der Waals surface area contributed by atoms with E-state index in [9.17, 15) is 4.79 Å². The lowest BCUT2D eigenvalue weighted by Crippen LogP contribution is -1.89. The fraction of sp³-hybridized carbons (Fsp3) is 0.957. The number of carbonyl (C=O) groups excluding carboxylic acids is 1. The van der Waals surface area contributed by atoms with Gasteiger partial charge in [-0.05, 0) is 13.3 Å². The van der Waals surface area contributed by atoms with E-state index in [4.69, 9.17) is 10.2 Å². The van der Waals surface area contributed by atoms with Crippen LogP contribution < -0.4 is 0 Å². The molecule has 26 heavy (non-hydrogen) atoms. The van der Waals surface area contributed by atoms with Gasteiger partial charge in [-0.15, -0.1) is 0 Å². The Morgan fingerprint density at radius 1 is 0.538 bits per heavy atom. The number of hydrogen-bond donors (Lipinski definition) is 2. The molecule has 0 heterocycles. The topological polar surface area (TPSA) is 57.5 Å². The van der Waals surface area contributed by atoms with E-state index in [-0.39, 0.29) is 13.2 Å². The summed E-state index contributed by atoms with van der Waals surface area (Å²) in [5, 5.41) is 15.2. The first-order valence-corrected chi connectivity index (χ1v) is 11.4. The Labute approximate surface area is 164 Å². The fourth-order valence-electron chi connectivity index (χ4n) is 3.10. The Morgan fingerprint density at radius 3 is 1.04 bits per heavy atom. The molecule has 0 radical (unpaired) electrons. The van der Waals surface area contributed by atoms with Crippen molar-refractivity contribution in [2.45, 2.75) is 129 Å². The largest absolute Gasteiger partial charge is 0.394 e. The van der Waals surface area contributed by atoms with Crippen LogP contribution in [0.25, 0.3) is 0 Å². The molecule has 2 N–H and O–H groups in total. The minimum atomic E-state index is -0.125. The van der Waals surface area contributed by atoms with Crippen LogP contribution in [0.3, 0.4) is 0 Å². The van der Waals surface area contributed by atoms with E-state index in [1.165, 1.54) is 103 Å². The van der Waals surface area contributed by atoms with E-state index < -0.39 is 0 Å². The van der Waals surface area contributed by atoms with Crippen LogP contribution in [0, 0.1) is 0 Å². The summed E-state index contributed by atoms with van der Waals surface area (Å²) >= 11 is 0.